The van der Waals surface area contributed by atoms with E-state index in [9.17, 15) is 13.6 Å². The number of thioether (sulfide) groups is 1. The average molecular weight is 286 g/mol. The van der Waals surface area contributed by atoms with Crippen LogP contribution in [0.15, 0.2) is 29.2 Å². The lowest BCUT2D eigenvalue weighted by Gasteiger charge is -2.10. The third kappa shape index (κ3) is 4.49. The number of aliphatic carboxylic acids is 1. The molecule has 2 rings (SSSR count). The van der Waals surface area contributed by atoms with Crippen LogP contribution >= 0.6 is 11.8 Å². The molecule has 19 heavy (non-hydrogen) atoms. The van der Waals surface area contributed by atoms with Gasteiger partial charge < -0.3 is 5.11 Å². The molecule has 0 spiro atoms. The van der Waals surface area contributed by atoms with E-state index in [1.807, 2.05) is 12.1 Å². The van der Waals surface area contributed by atoms with Crippen molar-refractivity contribution < 1.29 is 18.7 Å². The van der Waals surface area contributed by atoms with Gasteiger partial charge in [0.15, 0.2) is 0 Å². The number of benzene rings is 1. The molecule has 0 bridgehead atoms. The van der Waals surface area contributed by atoms with Crippen molar-refractivity contribution in [3.8, 4) is 0 Å². The smallest absolute Gasteiger partial charge is 0.307 e. The van der Waals surface area contributed by atoms with Gasteiger partial charge in [0.1, 0.15) is 0 Å². The van der Waals surface area contributed by atoms with Crippen molar-refractivity contribution in [2.24, 2.45) is 5.92 Å². The van der Waals surface area contributed by atoms with E-state index in [1.54, 1.807) is 23.9 Å². The highest BCUT2D eigenvalue weighted by Crippen LogP contribution is 2.40. The van der Waals surface area contributed by atoms with Gasteiger partial charge in [-0.1, -0.05) is 12.1 Å². The van der Waals surface area contributed by atoms with Crippen LogP contribution in [0.4, 0.5) is 8.78 Å². The molecule has 5 heteroatoms. The number of carbonyl (C=O) groups is 1. The highest BCUT2D eigenvalue weighted by molar-refractivity contribution is 7.99. The van der Waals surface area contributed by atoms with Crippen molar-refractivity contribution in [3.05, 3.63) is 29.8 Å². The topological polar surface area (TPSA) is 37.3 Å². The standard InChI is InChI=1S/C14H16F2O2S/c15-14(16)6-5-11(8-14)9-19-12-3-1-10(2-4-12)7-13(17)18/h1-4,11H,5-9H2,(H,17,18). The number of alkyl halides is 2. The fraction of sp³-hybridized carbons (Fsp3) is 0.500. The summed E-state index contributed by atoms with van der Waals surface area (Å²) in [5, 5.41) is 8.66. The fourth-order valence-corrected chi connectivity index (χ4v) is 3.32. The average Bonchev–Trinajstić information content (AvgIpc) is 2.67. The summed E-state index contributed by atoms with van der Waals surface area (Å²) in [6, 6.07) is 7.27. The van der Waals surface area contributed by atoms with Crippen molar-refractivity contribution in [1.29, 1.82) is 0 Å². The zero-order chi connectivity index (χ0) is 13.9. The Morgan fingerprint density at radius 2 is 2.05 bits per heavy atom. The zero-order valence-electron chi connectivity index (χ0n) is 10.4. The van der Waals surface area contributed by atoms with E-state index in [2.05, 4.69) is 0 Å². The third-order valence-corrected chi connectivity index (χ3v) is 4.51. The highest BCUT2D eigenvalue weighted by Gasteiger charge is 2.39. The van der Waals surface area contributed by atoms with Crippen molar-refractivity contribution in [3.63, 3.8) is 0 Å². The molecule has 1 saturated carbocycles. The number of rotatable bonds is 5. The van der Waals surface area contributed by atoms with Crippen LogP contribution in [0.3, 0.4) is 0 Å². The molecule has 0 amide bonds. The minimum absolute atomic E-state index is 0.00288. The molecule has 1 unspecified atom stereocenters. The van der Waals surface area contributed by atoms with Gasteiger partial charge in [-0.05, 0) is 30.0 Å². The Morgan fingerprint density at radius 3 is 2.58 bits per heavy atom. The molecule has 0 radical (unpaired) electrons. The van der Waals surface area contributed by atoms with Crippen molar-refractivity contribution in [2.45, 2.75) is 36.5 Å². The Labute approximate surface area is 115 Å². The summed E-state index contributed by atoms with van der Waals surface area (Å²) in [7, 11) is 0. The van der Waals surface area contributed by atoms with Crippen molar-refractivity contribution in [1.82, 2.24) is 0 Å². The van der Waals surface area contributed by atoms with Crippen LogP contribution in [0, 0.1) is 5.92 Å². The summed E-state index contributed by atoms with van der Waals surface area (Å²) in [5.41, 5.74) is 0.754. The first-order chi connectivity index (χ1) is 8.94. The number of carboxylic acids is 1. The lowest BCUT2D eigenvalue weighted by atomic mass is 10.1. The second kappa shape index (κ2) is 5.90. The van der Waals surface area contributed by atoms with Crippen LogP contribution < -0.4 is 0 Å². The second-order valence-electron chi connectivity index (χ2n) is 4.99. The summed E-state index contributed by atoms with van der Waals surface area (Å²) in [4.78, 5) is 11.5. The van der Waals surface area contributed by atoms with Gasteiger partial charge in [-0.3, -0.25) is 4.79 Å². The van der Waals surface area contributed by atoms with E-state index in [4.69, 9.17) is 5.11 Å². The molecule has 0 saturated heterocycles. The van der Waals surface area contributed by atoms with Crippen LogP contribution in [-0.4, -0.2) is 22.8 Å². The molecule has 104 valence electrons. The lowest BCUT2D eigenvalue weighted by Crippen LogP contribution is -2.10. The van der Waals surface area contributed by atoms with E-state index in [-0.39, 0.29) is 25.2 Å². The van der Waals surface area contributed by atoms with Gasteiger partial charge in [0, 0.05) is 23.5 Å². The summed E-state index contributed by atoms with van der Waals surface area (Å²) >= 11 is 1.57. The van der Waals surface area contributed by atoms with E-state index in [0.29, 0.717) is 12.2 Å². The minimum Gasteiger partial charge on any atom is -0.481 e. The fourth-order valence-electron chi connectivity index (χ4n) is 2.28. The first-order valence-electron chi connectivity index (χ1n) is 6.26. The Hall–Kier alpha value is -1.10. The molecule has 0 aliphatic heterocycles. The first kappa shape index (κ1) is 14.3. The highest BCUT2D eigenvalue weighted by atomic mass is 32.2. The van der Waals surface area contributed by atoms with Crippen LogP contribution in [0.1, 0.15) is 24.8 Å². The number of hydrogen-bond donors (Lipinski definition) is 1. The molecule has 0 aromatic heterocycles. The van der Waals surface area contributed by atoms with Gasteiger partial charge in [-0.2, -0.15) is 0 Å². The molecule has 1 fully saturated rings. The van der Waals surface area contributed by atoms with E-state index in [1.165, 1.54) is 0 Å². The Bertz CT molecular complexity index is 445. The van der Waals surface area contributed by atoms with Crippen LogP contribution in [-0.2, 0) is 11.2 Å². The Balaban J connectivity index is 1.82. The number of halogens is 2. The molecule has 1 N–H and O–H groups in total. The monoisotopic (exact) mass is 286 g/mol. The van der Waals surface area contributed by atoms with Crippen molar-refractivity contribution in [2.75, 3.05) is 5.75 Å². The van der Waals surface area contributed by atoms with E-state index < -0.39 is 11.9 Å². The zero-order valence-corrected chi connectivity index (χ0v) is 11.3. The maximum Gasteiger partial charge on any atom is 0.307 e. The third-order valence-electron chi connectivity index (χ3n) is 3.27. The molecule has 1 aliphatic carbocycles. The maximum atomic E-state index is 13.0. The van der Waals surface area contributed by atoms with Gasteiger partial charge in [0.2, 0.25) is 5.92 Å². The Morgan fingerprint density at radius 1 is 1.37 bits per heavy atom. The normalized spacial score (nSPS) is 21.5. The largest absolute Gasteiger partial charge is 0.481 e. The van der Waals surface area contributed by atoms with Gasteiger partial charge in [0.05, 0.1) is 6.42 Å². The van der Waals surface area contributed by atoms with Gasteiger partial charge in [-0.15, -0.1) is 11.8 Å². The SMILES string of the molecule is O=C(O)Cc1ccc(SCC2CCC(F)(F)C2)cc1. The van der Waals surface area contributed by atoms with Crippen LogP contribution in [0.5, 0.6) is 0 Å². The summed E-state index contributed by atoms with van der Waals surface area (Å²) in [6.07, 6.45) is 0.615. The molecule has 1 aromatic carbocycles. The summed E-state index contributed by atoms with van der Waals surface area (Å²) < 4.78 is 26.1. The Kier molecular flexibility index (Phi) is 4.45. The number of hydrogen-bond acceptors (Lipinski definition) is 2. The quantitative estimate of drug-likeness (QED) is 0.836. The molecule has 1 aliphatic rings. The summed E-state index contributed by atoms with van der Waals surface area (Å²) in [6.45, 7) is 0. The van der Waals surface area contributed by atoms with E-state index in [0.717, 1.165) is 10.5 Å². The van der Waals surface area contributed by atoms with Gasteiger partial charge in [0.25, 0.3) is 0 Å². The molecule has 1 aromatic rings. The van der Waals surface area contributed by atoms with E-state index >= 15 is 0 Å². The molecule has 1 atom stereocenters. The summed E-state index contributed by atoms with van der Waals surface area (Å²) in [5.74, 6) is -2.54. The molecular weight excluding hydrogens is 270 g/mol. The minimum atomic E-state index is -2.48. The molecular formula is C14H16F2O2S. The molecule has 0 heterocycles. The second-order valence-corrected chi connectivity index (χ2v) is 6.08. The predicted molar refractivity (Wildman–Crippen MR) is 70.8 cm³/mol. The van der Waals surface area contributed by atoms with Crippen LogP contribution in [0.25, 0.3) is 0 Å². The lowest BCUT2D eigenvalue weighted by molar-refractivity contribution is -0.136. The van der Waals surface area contributed by atoms with Gasteiger partial charge in [-0.25, -0.2) is 8.78 Å². The maximum absolute atomic E-state index is 13.0. The first-order valence-corrected chi connectivity index (χ1v) is 7.24. The number of carboxylic acid groups (broad SMARTS) is 1. The van der Waals surface area contributed by atoms with Crippen LogP contribution in [0.2, 0.25) is 0 Å². The van der Waals surface area contributed by atoms with Crippen molar-refractivity contribution >= 4 is 17.7 Å². The predicted octanol–water partition coefficient (Wildman–Crippen LogP) is 3.84. The molecule has 2 nitrogen and oxygen atoms in total. The van der Waals surface area contributed by atoms with Gasteiger partial charge >= 0.3 is 5.97 Å².